The second-order valence-electron chi connectivity index (χ2n) is 4.01. The Hall–Kier alpha value is -1.16. The van der Waals surface area contributed by atoms with Gasteiger partial charge in [-0.1, -0.05) is 0 Å². The van der Waals surface area contributed by atoms with Crippen LogP contribution in [0.4, 0.5) is 0 Å². The first-order valence-electron chi connectivity index (χ1n) is 4.78. The second kappa shape index (κ2) is 3.20. The molecule has 76 valence electrons. The first-order chi connectivity index (χ1) is 6.65. The number of nitrogens with one attached hydrogen (secondary N) is 1. The maximum absolute atomic E-state index is 5.23. The summed E-state index contributed by atoms with van der Waals surface area (Å²) in [6.07, 6.45) is 2.50. The molecule has 0 amide bonds. The van der Waals surface area contributed by atoms with Crippen molar-refractivity contribution >= 4 is 0 Å². The Morgan fingerprint density at radius 1 is 1.43 bits per heavy atom. The van der Waals surface area contributed by atoms with Gasteiger partial charge in [0.05, 0.1) is 18.3 Å². The normalized spacial score (nSPS) is 18.8. The molecule has 14 heavy (non-hydrogen) atoms. The smallest absolute Gasteiger partial charge is 0.219 e. The molecule has 0 aliphatic carbocycles. The van der Waals surface area contributed by atoms with Crippen molar-refractivity contribution in [1.82, 2.24) is 15.3 Å². The van der Waals surface area contributed by atoms with Gasteiger partial charge >= 0.3 is 0 Å². The number of hydrogen-bond donors (Lipinski definition) is 1. The number of hydrogen-bond acceptors (Lipinski definition) is 4. The van der Waals surface area contributed by atoms with Crippen molar-refractivity contribution < 1.29 is 4.74 Å². The van der Waals surface area contributed by atoms with Gasteiger partial charge < -0.3 is 10.1 Å². The summed E-state index contributed by atoms with van der Waals surface area (Å²) in [6, 6.07) is 0. The van der Waals surface area contributed by atoms with Gasteiger partial charge in [0.15, 0.2) is 0 Å². The Kier molecular flexibility index (Phi) is 2.15. The standard InChI is InChI=1S/C10H15N3O/c1-10(2)8-7(4-5-13-10)9(14-3)12-6-11-8/h6,13H,4-5H2,1-3H3. The van der Waals surface area contributed by atoms with Crippen LogP contribution in [0, 0.1) is 0 Å². The SMILES string of the molecule is COc1ncnc2c1CCNC2(C)C. The Labute approximate surface area is 83.7 Å². The van der Waals surface area contributed by atoms with Crippen LogP contribution in [0.1, 0.15) is 25.1 Å². The molecule has 4 heteroatoms. The molecular weight excluding hydrogens is 178 g/mol. The zero-order valence-corrected chi connectivity index (χ0v) is 8.79. The van der Waals surface area contributed by atoms with Crippen LogP contribution in [-0.4, -0.2) is 23.6 Å². The summed E-state index contributed by atoms with van der Waals surface area (Å²) < 4.78 is 5.23. The van der Waals surface area contributed by atoms with Gasteiger partial charge in [-0.05, 0) is 20.3 Å². The first-order valence-corrected chi connectivity index (χ1v) is 4.78. The molecule has 1 aromatic heterocycles. The number of methoxy groups -OCH3 is 1. The van der Waals surface area contributed by atoms with Crippen LogP contribution in [0.5, 0.6) is 5.88 Å². The largest absolute Gasteiger partial charge is 0.481 e. The lowest BCUT2D eigenvalue weighted by molar-refractivity contribution is 0.343. The predicted molar refractivity (Wildman–Crippen MR) is 53.3 cm³/mol. The van der Waals surface area contributed by atoms with Crippen molar-refractivity contribution in [2.45, 2.75) is 25.8 Å². The van der Waals surface area contributed by atoms with Crippen LogP contribution in [0.15, 0.2) is 6.33 Å². The predicted octanol–water partition coefficient (Wildman–Crippen LogP) is 0.866. The molecule has 0 bridgehead atoms. The lowest BCUT2D eigenvalue weighted by atomic mass is 9.91. The first kappa shape index (κ1) is 9.40. The zero-order valence-electron chi connectivity index (χ0n) is 8.79. The Morgan fingerprint density at radius 2 is 2.21 bits per heavy atom. The summed E-state index contributed by atoms with van der Waals surface area (Å²) in [6.45, 7) is 5.19. The van der Waals surface area contributed by atoms with Gasteiger partial charge in [0.25, 0.3) is 0 Å². The maximum atomic E-state index is 5.23. The molecule has 2 rings (SSSR count). The van der Waals surface area contributed by atoms with Crippen LogP contribution in [0.3, 0.4) is 0 Å². The highest BCUT2D eigenvalue weighted by Crippen LogP contribution is 2.29. The highest BCUT2D eigenvalue weighted by molar-refractivity contribution is 5.36. The van der Waals surface area contributed by atoms with Gasteiger partial charge in [0, 0.05) is 12.1 Å². The summed E-state index contributed by atoms with van der Waals surface area (Å²) in [5, 5.41) is 3.42. The fraction of sp³-hybridized carbons (Fsp3) is 0.600. The van der Waals surface area contributed by atoms with Gasteiger partial charge in [-0.3, -0.25) is 0 Å². The minimum Gasteiger partial charge on any atom is -0.481 e. The van der Waals surface area contributed by atoms with Crippen molar-refractivity contribution in [3.8, 4) is 5.88 Å². The molecule has 0 radical (unpaired) electrons. The number of rotatable bonds is 1. The molecule has 2 heterocycles. The van der Waals surface area contributed by atoms with E-state index in [4.69, 9.17) is 4.74 Å². The Bertz CT molecular complexity index is 349. The fourth-order valence-corrected chi connectivity index (χ4v) is 1.92. The van der Waals surface area contributed by atoms with E-state index in [1.807, 2.05) is 0 Å². The molecule has 4 nitrogen and oxygen atoms in total. The zero-order chi connectivity index (χ0) is 10.2. The van der Waals surface area contributed by atoms with Crippen molar-refractivity contribution in [1.29, 1.82) is 0 Å². The molecule has 0 unspecified atom stereocenters. The third-order valence-electron chi connectivity index (χ3n) is 2.63. The number of fused-ring (bicyclic) bond motifs is 1. The average molecular weight is 193 g/mol. The van der Waals surface area contributed by atoms with Crippen LogP contribution >= 0.6 is 0 Å². The third kappa shape index (κ3) is 1.35. The lowest BCUT2D eigenvalue weighted by Gasteiger charge is -2.32. The quantitative estimate of drug-likeness (QED) is 0.718. The lowest BCUT2D eigenvalue weighted by Crippen LogP contribution is -2.43. The number of ether oxygens (including phenoxy) is 1. The minimum absolute atomic E-state index is 0.0796. The van der Waals surface area contributed by atoms with E-state index < -0.39 is 0 Å². The summed E-state index contributed by atoms with van der Waals surface area (Å²) in [5.41, 5.74) is 2.11. The van der Waals surface area contributed by atoms with E-state index in [0.717, 1.165) is 24.2 Å². The minimum atomic E-state index is -0.0796. The van der Waals surface area contributed by atoms with Crippen molar-refractivity contribution in [2.24, 2.45) is 0 Å². The van der Waals surface area contributed by atoms with E-state index in [0.29, 0.717) is 5.88 Å². The molecule has 1 aliphatic rings. The topological polar surface area (TPSA) is 47.0 Å². The highest BCUT2D eigenvalue weighted by atomic mass is 16.5. The van der Waals surface area contributed by atoms with E-state index in [9.17, 15) is 0 Å². The van der Waals surface area contributed by atoms with Gasteiger partial charge in [-0.15, -0.1) is 0 Å². The summed E-state index contributed by atoms with van der Waals surface area (Å²) in [4.78, 5) is 8.44. The maximum Gasteiger partial charge on any atom is 0.219 e. The van der Waals surface area contributed by atoms with Crippen LogP contribution < -0.4 is 10.1 Å². The molecular formula is C10H15N3O. The summed E-state index contributed by atoms with van der Waals surface area (Å²) in [5.74, 6) is 0.713. The van der Waals surface area contributed by atoms with Crippen LogP contribution in [-0.2, 0) is 12.0 Å². The van der Waals surface area contributed by atoms with Crippen LogP contribution in [0.2, 0.25) is 0 Å². The molecule has 0 fully saturated rings. The Balaban J connectivity index is 2.55. The summed E-state index contributed by atoms with van der Waals surface area (Å²) in [7, 11) is 1.65. The number of nitrogens with zero attached hydrogens (tertiary/aromatic N) is 2. The molecule has 0 saturated heterocycles. The van der Waals surface area contributed by atoms with E-state index in [-0.39, 0.29) is 5.54 Å². The van der Waals surface area contributed by atoms with Crippen molar-refractivity contribution in [3.63, 3.8) is 0 Å². The third-order valence-corrected chi connectivity index (χ3v) is 2.63. The monoisotopic (exact) mass is 193 g/mol. The fourth-order valence-electron chi connectivity index (χ4n) is 1.92. The average Bonchev–Trinajstić information content (AvgIpc) is 2.17. The number of aromatic nitrogens is 2. The van der Waals surface area contributed by atoms with Crippen molar-refractivity contribution in [3.05, 3.63) is 17.6 Å². The summed E-state index contributed by atoms with van der Waals surface area (Å²) >= 11 is 0. The van der Waals surface area contributed by atoms with E-state index >= 15 is 0 Å². The molecule has 0 spiro atoms. The van der Waals surface area contributed by atoms with Gasteiger partial charge in [-0.25, -0.2) is 9.97 Å². The molecule has 0 saturated carbocycles. The van der Waals surface area contributed by atoms with E-state index in [1.54, 1.807) is 13.4 Å². The molecule has 1 aromatic rings. The Morgan fingerprint density at radius 3 is 2.93 bits per heavy atom. The van der Waals surface area contributed by atoms with E-state index in [2.05, 4.69) is 29.1 Å². The molecule has 1 N–H and O–H groups in total. The molecule has 1 aliphatic heterocycles. The van der Waals surface area contributed by atoms with Crippen molar-refractivity contribution in [2.75, 3.05) is 13.7 Å². The molecule has 0 aromatic carbocycles. The molecule has 0 atom stereocenters. The van der Waals surface area contributed by atoms with Gasteiger partial charge in [0.2, 0.25) is 5.88 Å². The van der Waals surface area contributed by atoms with Crippen LogP contribution in [0.25, 0.3) is 0 Å². The van der Waals surface area contributed by atoms with E-state index in [1.165, 1.54) is 0 Å². The van der Waals surface area contributed by atoms with Gasteiger partial charge in [0.1, 0.15) is 6.33 Å². The second-order valence-corrected chi connectivity index (χ2v) is 4.01. The van der Waals surface area contributed by atoms with Gasteiger partial charge in [-0.2, -0.15) is 0 Å². The highest BCUT2D eigenvalue weighted by Gasteiger charge is 2.30.